The van der Waals surface area contributed by atoms with E-state index in [1.807, 2.05) is 30.3 Å². The Hall–Kier alpha value is -2.90. The topological polar surface area (TPSA) is 108 Å². The standard InChI is InChI=1S/C22H26N2O5.ClH/c23-19(21(26)28-16-20(25)18-11-5-2-6-12-18)13-7-8-14-24-22(27)29-15-17-9-3-1-4-10-17;/h1-6,9-12,19H,7-8,13-16,23H2,(H,24,27);1H/t19-;/m0./s1. The Kier molecular flexibility index (Phi) is 11.8. The number of esters is 1. The molecule has 0 unspecified atom stereocenters. The minimum atomic E-state index is -0.802. The Morgan fingerprint density at radius 3 is 2.20 bits per heavy atom. The molecule has 3 N–H and O–H groups in total. The van der Waals surface area contributed by atoms with Gasteiger partial charge in [0.25, 0.3) is 0 Å². The average Bonchev–Trinajstić information content (AvgIpc) is 2.76. The van der Waals surface area contributed by atoms with Crippen LogP contribution >= 0.6 is 12.4 Å². The van der Waals surface area contributed by atoms with E-state index in [-0.39, 0.29) is 31.4 Å². The van der Waals surface area contributed by atoms with Crippen LogP contribution in [-0.2, 0) is 20.9 Å². The highest BCUT2D eigenvalue weighted by atomic mass is 35.5. The number of nitrogens with one attached hydrogen (secondary N) is 1. The summed E-state index contributed by atoms with van der Waals surface area (Å²) >= 11 is 0. The second-order valence-electron chi connectivity index (χ2n) is 6.49. The van der Waals surface area contributed by atoms with E-state index in [0.717, 1.165) is 5.56 Å². The summed E-state index contributed by atoms with van der Waals surface area (Å²) in [4.78, 5) is 35.4. The van der Waals surface area contributed by atoms with E-state index in [2.05, 4.69) is 5.32 Å². The highest BCUT2D eigenvalue weighted by Crippen LogP contribution is 2.04. The Morgan fingerprint density at radius 2 is 1.53 bits per heavy atom. The van der Waals surface area contributed by atoms with Crippen LogP contribution in [0.2, 0.25) is 0 Å². The molecular formula is C22H27ClN2O5. The molecule has 30 heavy (non-hydrogen) atoms. The summed E-state index contributed by atoms with van der Waals surface area (Å²) in [5.41, 5.74) is 7.20. The first kappa shape index (κ1) is 25.1. The van der Waals surface area contributed by atoms with Crippen molar-refractivity contribution < 1.29 is 23.9 Å². The molecule has 0 aliphatic heterocycles. The van der Waals surface area contributed by atoms with Crippen molar-refractivity contribution in [1.29, 1.82) is 0 Å². The molecule has 2 aromatic rings. The van der Waals surface area contributed by atoms with E-state index in [0.29, 0.717) is 31.4 Å². The van der Waals surface area contributed by atoms with Gasteiger partial charge in [0.1, 0.15) is 12.6 Å². The maximum atomic E-state index is 11.9. The number of carbonyl (C=O) groups is 3. The van der Waals surface area contributed by atoms with Gasteiger partial charge in [-0.05, 0) is 24.8 Å². The van der Waals surface area contributed by atoms with Crippen molar-refractivity contribution in [3.05, 3.63) is 71.8 Å². The zero-order chi connectivity index (χ0) is 20.9. The van der Waals surface area contributed by atoms with E-state index in [1.165, 1.54) is 0 Å². The van der Waals surface area contributed by atoms with E-state index in [9.17, 15) is 14.4 Å². The van der Waals surface area contributed by atoms with Gasteiger partial charge in [-0.1, -0.05) is 60.7 Å². The van der Waals surface area contributed by atoms with Crippen LogP contribution in [0.25, 0.3) is 0 Å². The molecular weight excluding hydrogens is 408 g/mol. The van der Waals surface area contributed by atoms with Gasteiger partial charge in [0.2, 0.25) is 0 Å². The summed E-state index contributed by atoms with van der Waals surface area (Å²) in [6.07, 6.45) is 1.18. The molecule has 1 atom stereocenters. The Bertz CT molecular complexity index is 787. The van der Waals surface area contributed by atoms with Gasteiger partial charge in [-0.2, -0.15) is 0 Å². The fourth-order valence-corrected chi connectivity index (χ4v) is 2.52. The van der Waals surface area contributed by atoms with E-state index >= 15 is 0 Å². The van der Waals surface area contributed by atoms with Gasteiger partial charge < -0.3 is 20.5 Å². The highest BCUT2D eigenvalue weighted by molar-refractivity contribution is 5.98. The van der Waals surface area contributed by atoms with Crippen molar-refractivity contribution in [2.45, 2.75) is 31.9 Å². The monoisotopic (exact) mass is 434 g/mol. The normalized spacial score (nSPS) is 11.0. The van der Waals surface area contributed by atoms with Crippen LogP contribution < -0.4 is 11.1 Å². The number of ketones is 1. The zero-order valence-electron chi connectivity index (χ0n) is 16.6. The van der Waals surface area contributed by atoms with E-state index in [1.54, 1.807) is 30.3 Å². The van der Waals surface area contributed by atoms with E-state index < -0.39 is 18.1 Å². The fraction of sp³-hybridized carbons (Fsp3) is 0.318. The summed E-state index contributed by atoms with van der Waals surface area (Å²) in [6.45, 7) is 0.304. The number of hydrogen-bond acceptors (Lipinski definition) is 6. The van der Waals surface area contributed by atoms with Crippen LogP contribution in [-0.4, -0.2) is 37.0 Å². The first-order chi connectivity index (χ1) is 14.1. The number of halogens is 1. The van der Waals surface area contributed by atoms with Crippen molar-refractivity contribution in [3.63, 3.8) is 0 Å². The number of nitrogens with two attached hydrogens (primary N) is 1. The summed E-state index contributed by atoms with van der Waals surface area (Å²) < 4.78 is 10.1. The van der Waals surface area contributed by atoms with E-state index in [4.69, 9.17) is 15.2 Å². The number of rotatable bonds is 11. The molecule has 0 aromatic heterocycles. The van der Waals surface area contributed by atoms with Crippen molar-refractivity contribution in [2.75, 3.05) is 13.2 Å². The van der Waals surface area contributed by atoms with Crippen LogP contribution in [0.5, 0.6) is 0 Å². The molecule has 8 heteroatoms. The predicted molar refractivity (Wildman–Crippen MR) is 115 cm³/mol. The van der Waals surface area contributed by atoms with Crippen molar-refractivity contribution >= 4 is 30.3 Å². The maximum Gasteiger partial charge on any atom is 0.407 e. The van der Waals surface area contributed by atoms with Crippen LogP contribution in [0, 0.1) is 0 Å². The number of carbonyl (C=O) groups excluding carboxylic acids is 3. The number of amides is 1. The van der Waals surface area contributed by atoms with Gasteiger partial charge >= 0.3 is 12.1 Å². The number of hydrogen-bond donors (Lipinski definition) is 2. The molecule has 2 aromatic carbocycles. The zero-order valence-corrected chi connectivity index (χ0v) is 17.4. The molecule has 0 bridgehead atoms. The molecule has 0 aliphatic rings. The first-order valence-electron chi connectivity index (χ1n) is 9.51. The second kappa shape index (κ2) is 14.1. The Balaban J connectivity index is 0.00000450. The molecule has 2 rings (SSSR count). The number of alkyl carbamates (subject to hydrolysis) is 1. The molecule has 0 heterocycles. The summed E-state index contributed by atoms with van der Waals surface area (Å²) in [7, 11) is 0. The molecule has 0 saturated heterocycles. The van der Waals surface area contributed by atoms with Gasteiger partial charge in [0.15, 0.2) is 12.4 Å². The summed E-state index contributed by atoms with van der Waals surface area (Å²) in [6, 6.07) is 17.2. The van der Waals surface area contributed by atoms with Crippen LogP contribution in [0.15, 0.2) is 60.7 Å². The van der Waals surface area contributed by atoms with Crippen LogP contribution in [0.1, 0.15) is 35.2 Å². The van der Waals surface area contributed by atoms with Gasteiger partial charge in [-0.3, -0.25) is 9.59 Å². The van der Waals surface area contributed by atoms with Crippen LogP contribution in [0.3, 0.4) is 0 Å². The molecule has 0 spiro atoms. The highest BCUT2D eigenvalue weighted by Gasteiger charge is 2.16. The van der Waals surface area contributed by atoms with Gasteiger partial charge in [0, 0.05) is 12.1 Å². The maximum absolute atomic E-state index is 11.9. The van der Waals surface area contributed by atoms with Crippen molar-refractivity contribution in [1.82, 2.24) is 5.32 Å². The minimum Gasteiger partial charge on any atom is -0.456 e. The third-order valence-corrected chi connectivity index (χ3v) is 4.17. The number of unbranched alkanes of at least 4 members (excludes halogenated alkanes) is 1. The molecule has 162 valence electrons. The lowest BCUT2D eigenvalue weighted by Gasteiger charge is -2.11. The largest absolute Gasteiger partial charge is 0.456 e. The lowest BCUT2D eigenvalue weighted by atomic mass is 10.1. The van der Waals surface area contributed by atoms with Gasteiger partial charge in [0.05, 0.1) is 0 Å². The lowest BCUT2D eigenvalue weighted by molar-refractivity contribution is -0.144. The molecule has 0 aliphatic carbocycles. The van der Waals surface area contributed by atoms with Crippen LogP contribution in [0.4, 0.5) is 4.79 Å². The third kappa shape index (κ3) is 9.54. The Labute approximate surface area is 182 Å². The predicted octanol–water partition coefficient (Wildman–Crippen LogP) is 3.26. The SMILES string of the molecule is Cl.N[C@@H](CCCCNC(=O)OCc1ccccc1)C(=O)OCC(=O)c1ccccc1. The van der Waals surface area contributed by atoms with Crippen molar-refractivity contribution in [3.8, 4) is 0 Å². The van der Waals surface area contributed by atoms with Gasteiger partial charge in [-0.25, -0.2) is 4.79 Å². The van der Waals surface area contributed by atoms with Gasteiger partial charge in [-0.15, -0.1) is 12.4 Å². The number of ether oxygens (including phenoxy) is 2. The average molecular weight is 435 g/mol. The number of benzene rings is 2. The van der Waals surface area contributed by atoms with Crippen molar-refractivity contribution in [2.24, 2.45) is 5.73 Å². The fourth-order valence-electron chi connectivity index (χ4n) is 2.52. The molecule has 0 fully saturated rings. The number of Topliss-reactive ketones (excluding diaryl/α,β-unsaturated/α-hetero) is 1. The quantitative estimate of drug-likeness (QED) is 0.319. The summed E-state index contributed by atoms with van der Waals surface area (Å²) in [5.74, 6) is -0.881. The summed E-state index contributed by atoms with van der Waals surface area (Å²) in [5, 5.41) is 2.65. The molecule has 7 nitrogen and oxygen atoms in total. The third-order valence-electron chi connectivity index (χ3n) is 4.17. The molecule has 0 saturated carbocycles. The lowest BCUT2D eigenvalue weighted by Crippen LogP contribution is -2.33. The second-order valence-corrected chi connectivity index (χ2v) is 6.49. The molecule has 0 radical (unpaired) electrons. The first-order valence-corrected chi connectivity index (χ1v) is 9.51. The smallest absolute Gasteiger partial charge is 0.407 e. The molecule has 1 amide bonds. The minimum absolute atomic E-state index is 0. The Morgan fingerprint density at radius 1 is 0.900 bits per heavy atom.